The molecule has 1 aliphatic rings. The van der Waals surface area contributed by atoms with Crippen LogP contribution in [0.15, 0.2) is 36.4 Å². The van der Waals surface area contributed by atoms with E-state index in [0.29, 0.717) is 13.2 Å². The van der Waals surface area contributed by atoms with Gasteiger partial charge in [0.05, 0.1) is 11.0 Å². The average Bonchev–Trinajstić information content (AvgIpc) is 2.96. The van der Waals surface area contributed by atoms with E-state index in [2.05, 4.69) is 29.7 Å². The lowest BCUT2D eigenvalue weighted by Crippen LogP contribution is -2.15. The average molecular weight is 337 g/mol. The molecule has 0 aliphatic carbocycles. The van der Waals surface area contributed by atoms with Crippen molar-refractivity contribution in [2.75, 3.05) is 18.9 Å². The van der Waals surface area contributed by atoms with E-state index in [-0.39, 0.29) is 0 Å². The summed E-state index contributed by atoms with van der Waals surface area (Å²) in [6.45, 7) is 4.35. The second kappa shape index (κ2) is 6.67. The van der Waals surface area contributed by atoms with E-state index in [9.17, 15) is 0 Å². The summed E-state index contributed by atoms with van der Waals surface area (Å²) in [5.74, 6) is 2.67. The molecule has 5 nitrogen and oxygen atoms in total. The lowest BCUT2D eigenvalue weighted by molar-refractivity contribution is 0.172. The third-order valence-corrected chi connectivity index (χ3v) is 4.57. The smallest absolute Gasteiger partial charge is 0.163 e. The second-order valence-electron chi connectivity index (χ2n) is 6.44. The molecular formula is C20H23N3O2. The van der Waals surface area contributed by atoms with E-state index in [1.54, 1.807) is 0 Å². The highest BCUT2D eigenvalue weighted by molar-refractivity contribution is 5.81. The molecular weight excluding hydrogens is 314 g/mol. The molecule has 0 atom stereocenters. The lowest BCUT2D eigenvalue weighted by Gasteiger charge is -2.18. The third-order valence-electron chi connectivity index (χ3n) is 4.57. The molecule has 4 rings (SSSR count). The van der Waals surface area contributed by atoms with Crippen molar-refractivity contribution in [1.29, 1.82) is 0 Å². The zero-order chi connectivity index (χ0) is 17.2. The molecule has 0 unspecified atom stereocenters. The van der Waals surface area contributed by atoms with Crippen molar-refractivity contribution in [3.05, 3.63) is 47.8 Å². The first-order chi connectivity index (χ1) is 12.2. The van der Waals surface area contributed by atoms with Crippen molar-refractivity contribution in [3.63, 3.8) is 0 Å². The van der Waals surface area contributed by atoms with Crippen LogP contribution in [-0.4, -0.2) is 22.8 Å². The Hall–Kier alpha value is -2.69. The molecule has 0 saturated carbocycles. The summed E-state index contributed by atoms with van der Waals surface area (Å²) in [6.07, 6.45) is 3.05. The maximum Gasteiger partial charge on any atom is 0.163 e. The minimum atomic E-state index is 0.591. The summed E-state index contributed by atoms with van der Waals surface area (Å²) < 4.78 is 13.8. The SMILES string of the molecule is CCCCn1c(Cc2ccc(N)cc2)nc2cc3c(cc21)OCCO3. The Morgan fingerprint density at radius 2 is 1.80 bits per heavy atom. The molecule has 2 aromatic carbocycles. The standard InChI is InChI=1S/C20H23N3O2/c1-2-3-8-23-17-13-19-18(24-9-10-25-19)12-16(17)22-20(23)11-14-4-6-15(21)7-5-14/h4-7,12-13H,2-3,8-11,21H2,1H3. The zero-order valence-electron chi connectivity index (χ0n) is 14.5. The molecule has 0 spiro atoms. The number of imidazole rings is 1. The number of nitrogen functional groups attached to an aromatic ring is 1. The summed E-state index contributed by atoms with van der Waals surface area (Å²) in [5, 5.41) is 0. The minimum absolute atomic E-state index is 0.591. The van der Waals surface area contributed by atoms with Crippen LogP contribution in [0.25, 0.3) is 11.0 Å². The Labute approximate surface area is 147 Å². The molecule has 0 amide bonds. The fourth-order valence-electron chi connectivity index (χ4n) is 3.23. The molecule has 5 heteroatoms. The van der Waals surface area contributed by atoms with E-state index in [1.807, 2.05) is 18.2 Å². The number of hydrogen-bond donors (Lipinski definition) is 1. The van der Waals surface area contributed by atoms with E-state index in [4.69, 9.17) is 20.2 Å². The molecule has 3 aromatic rings. The second-order valence-corrected chi connectivity index (χ2v) is 6.44. The number of fused-ring (bicyclic) bond motifs is 2. The molecule has 1 aromatic heterocycles. The van der Waals surface area contributed by atoms with Crippen molar-refractivity contribution in [3.8, 4) is 11.5 Å². The Morgan fingerprint density at radius 3 is 2.52 bits per heavy atom. The highest BCUT2D eigenvalue weighted by atomic mass is 16.6. The van der Waals surface area contributed by atoms with Gasteiger partial charge in [-0.3, -0.25) is 0 Å². The largest absolute Gasteiger partial charge is 0.486 e. The maximum absolute atomic E-state index is 5.80. The Morgan fingerprint density at radius 1 is 1.08 bits per heavy atom. The first kappa shape index (κ1) is 15.8. The number of unbranched alkanes of at least 4 members (excludes halogenated alkanes) is 1. The number of aromatic nitrogens is 2. The van der Waals surface area contributed by atoms with Gasteiger partial charge in [0.2, 0.25) is 0 Å². The van der Waals surface area contributed by atoms with Crippen molar-refractivity contribution < 1.29 is 9.47 Å². The first-order valence-electron chi connectivity index (χ1n) is 8.88. The van der Waals surface area contributed by atoms with Gasteiger partial charge < -0.3 is 19.8 Å². The van der Waals surface area contributed by atoms with Gasteiger partial charge >= 0.3 is 0 Å². The number of rotatable bonds is 5. The van der Waals surface area contributed by atoms with Crippen LogP contribution in [0.5, 0.6) is 11.5 Å². The summed E-state index contributed by atoms with van der Waals surface area (Å²) >= 11 is 0. The molecule has 0 fully saturated rings. The Kier molecular flexibility index (Phi) is 4.22. The molecule has 130 valence electrons. The number of benzene rings is 2. The lowest BCUT2D eigenvalue weighted by atomic mass is 10.1. The van der Waals surface area contributed by atoms with Gasteiger partial charge in [-0.1, -0.05) is 25.5 Å². The van der Waals surface area contributed by atoms with Gasteiger partial charge in [0, 0.05) is 30.8 Å². The summed E-state index contributed by atoms with van der Waals surface area (Å²) in [4.78, 5) is 4.89. The highest BCUT2D eigenvalue weighted by Gasteiger charge is 2.18. The number of nitrogens with two attached hydrogens (primary N) is 1. The van der Waals surface area contributed by atoms with Crippen molar-refractivity contribution >= 4 is 16.7 Å². The van der Waals surface area contributed by atoms with E-state index in [1.165, 1.54) is 5.56 Å². The molecule has 0 bridgehead atoms. The summed E-state index contributed by atoms with van der Waals surface area (Å²) in [5.41, 5.74) is 9.87. The van der Waals surface area contributed by atoms with Crippen LogP contribution in [0.3, 0.4) is 0 Å². The number of ether oxygens (including phenoxy) is 2. The van der Waals surface area contributed by atoms with Gasteiger partial charge in [0.25, 0.3) is 0 Å². The van der Waals surface area contributed by atoms with Crippen LogP contribution in [0.4, 0.5) is 5.69 Å². The van der Waals surface area contributed by atoms with Gasteiger partial charge in [0.1, 0.15) is 19.0 Å². The Bertz CT molecular complexity index is 884. The Balaban J connectivity index is 1.76. The monoisotopic (exact) mass is 337 g/mol. The van der Waals surface area contributed by atoms with Gasteiger partial charge in [-0.15, -0.1) is 0 Å². The molecule has 2 N–H and O–H groups in total. The summed E-state index contributed by atoms with van der Waals surface area (Å²) in [6, 6.07) is 12.1. The number of aryl methyl sites for hydroxylation is 1. The van der Waals surface area contributed by atoms with E-state index >= 15 is 0 Å². The predicted molar refractivity (Wildman–Crippen MR) is 99.3 cm³/mol. The van der Waals surface area contributed by atoms with Crippen LogP contribution in [0.1, 0.15) is 31.2 Å². The van der Waals surface area contributed by atoms with E-state index in [0.717, 1.165) is 59.9 Å². The molecule has 0 saturated heterocycles. The molecule has 1 aliphatic heterocycles. The topological polar surface area (TPSA) is 62.3 Å². The van der Waals surface area contributed by atoms with E-state index < -0.39 is 0 Å². The first-order valence-corrected chi connectivity index (χ1v) is 8.88. The third kappa shape index (κ3) is 3.14. The predicted octanol–water partition coefficient (Wildman–Crippen LogP) is 3.78. The van der Waals surface area contributed by atoms with Gasteiger partial charge in [-0.2, -0.15) is 0 Å². The quantitative estimate of drug-likeness (QED) is 0.720. The normalized spacial score (nSPS) is 13.3. The van der Waals surface area contributed by atoms with Crippen LogP contribution in [-0.2, 0) is 13.0 Å². The fraction of sp³-hybridized carbons (Fsp3) is 0.350. The van der Waals surface area contributed by atoms with Crippen LogP contribution in [0.2, 0.25) is 0 Å². The van der Waals surface area contributed by atoms with Crippen LogP contribution < -0.4 is 15.2 Å². The fourth-order valence-corrected chi connectivity index (χ4v) is 3.23. The minimum Gasteiger partial charge on any atom is -0.486 e. The highest BCUT2D eigenvalue weighted by Crippen LogP contribution is 2.35. The van der Waals surface area contributed by atoms with Crippen LogP contribution in [0, 0.1) is 0 Å². The van der Waals surface area contributed by atoms with Crippen molar-refractivity contribution in [2.45, 2.75) is 32.7 Å². The van der Waals surface area contributed by atoms with Gasteiger partial charge in [-0.05, 0) is 24.1 Å². The van der Waals surface area contributed by atoms with Crippen LogP contribution >= 0.6 is 0 Å². The number of nitrogens with zero attached hydrogens (tertiary/aromatic N) is 2. The maximum atomic E-state index is 5.80. The number of hydrogen-bond acceptors (Lipinski definition) is 4. The molecule has 0 radical (unpaired) electrons. The molecule has 2 heterocycles. The zero-order valence-corrected chi connectivity index (χ0v) is 14.5. The van der Waals surface area contributed by atoms with Crippen molar-refractivity contribution in [2.24, 2.45) is 0 Å². The van der Waals surface area contributed by atoms with Crippen molar-refractivity contribution in [1.82, 2.24) is 9.55 Å². The van der Waals surface area contributed by atoms with Gasteiger partial charge in [0.15, 0.2) is 11.5 Å². The summed E-state index contributed by atoms with van der Waals surface area (Å²) in [7, 11) is 0. The number of anilines is 1. The molecule has 25 heavy (non-hydrogen) atoms. The van der Waals surface area contributed by atoms with Gasteiger partial charge in [-0.25, -0.2) is 4.98 Å².